The molecule has 2 heterocycles. The SMILES string of the molecule is Cc1cc2cccnc2n(NCc2c(Cl)cccc2Cl)c1=O. The molecule has 0 saturated carbocycles. The molecule has 0 saturated heterocycles. The quantitative estimate of drug-likeness (QED) is 0.793. The van der Waals surface area contributed by atoms with Crippen molar-refractivity contribution in [2.45, 2.75) is 13.5 Å². The van der Waals surface area contributed by atoms with Gasteiger partial charge in [0.25, 0.3) is 5.56 Å². The number of halogens is 2. The van der Waals surface area contributed by atoms with Gasteiger partial charge in [0.2, 0.25) is 0 Å². The number of hydrogen-bond acceptors (Lipinski definition) is 3. The molecule has 22 heavy (non-hydrogen) atoms. The normalized spacial score (nSPS) is 10.9. The summed E-state index contributed by atoms with van der Waals surface area (Å²) in [5.41, 5.74) is 4.87. The fourth-order valence-corrected chi connectivity index (χ4v) is 2.81. The van der Waals surface area contributed by atoms with Crippen LogP contribution in [-0.4, -0.2) is 9.66 Å². The van der Waals surface area contributed by atoms with Gasteiger partial charge in [-0.1, -0.05) is 29.3 Å². The van der Waals surface area contributed by atoms with E-state index >= 15 is 0 Å². The van der Waals surface area contributed by atoms with Gasteiger partial charge in [0.05, 0.1) is 6.54 Å². The van der Waals surface area contributed by atoms with E-state index in [1.54, 1.807) is 31.3 Å². The summed E-state index contributed by atoms with van der Waals surface area (Å²) in [6.45, 7) is 2.10. The monoisotopic (exact) mass is 333 g/mol. The van der Waals surface area contributed by atoms with Crippen LogP contribution in [0.4, 0.5) is 0 Å². The van der Waals surface area contributed by atoms with E-state index in [1.807, 2.05) is 18.2 Å². The molecule has 0 amide bonds. The highest BCUT2D eigenvalue weighted by atomic mass is 35.5. The molecule has 0 unspecified atom stereocenters. The number of benzene rings is 1. The second-order valence-electron chi connectivity index (χ2n) is 4.92. The van der Waals surface area contributed by atoms with Crippen molar-refractivity contribution in [3.8, 4) is 0 Å². The van der Waals surface area contributed by atoms with Crippen LogP contribution >= 0.6 is 23.2 Å². The number of fused-ring (bicyclic) bond motifs is 1. The van der Waals surface area contributed by atoms with Crippen LogP contribution in [0.2, 0.25) is 10.0 Å². The molecule has 0 aliphatic rings. The van der Waals surface area contributed by atoms with Gasteiger partial charge >= 0.3 is 0 Å². The first-order valence-corrected chi connectivity index (χ1v) is 7.47. The predicted molar refractivity (Wildman–Crippen MR) is 90.3 cm³/mol. The van der Waals surface area contributed by atoms with Gasteiger partial charge in [-0.2, -0.15) is 0 Å². The molecule has 3 rings (SSSR count). The summed E-state index contributed by atoms with van der Waals surface area (Å²) in [6, 6.07) is 10.9. The van der Waals surface area contributed by atoms with Crippen LogP contribution in [0.15, 0.2) is 47.4 Å². The van der Waals surface area contributed by atoms with Crippen LogP contribution in [0.5, 0.6) is 0 Å². The zero-order valence-electron chi connectivity index (χ0n) is 11.8. The van der Waals surface area contributed by atoms with Crippen molar-refractivity contribution in [3.05, 3.63) is 74.1 Å². The van der Waals surface area contributed by atoms with Crippen molar-refractivity contribution in [3.63, 3.8) is 0 Å². The molecule has 0 bridgehead atoms. The molecule has 6 heteroatoms. The van der Waals surface area contributed by atoms with Gasteiger partial charge in [-0.15, -0.1) is 0 Å². The second-order valence-corrected chi connectivity index (χ2v) is 5.73. The van der Waals surface area contributed by atoms with Crippen LogP contribution in [0, 0.1) is 6.92 Å². The van der Waals surface area contributed by atoms with Crippen molar-refractivity contribution in [2.75, 3.05) is 5.43 Å². The summed E-state index contributed by atoms with van der Waals surface area (Å²) < 4.78 is 1.43. The smallest absolute Gasteiger partial charge is 0.273 e. The Labute approximate surface area is 137 Å². The Balaban J connectivity index is 2.04. The first-order chi connectivity index (χ1) is 10.6. The molecule has 1 aromatic carbocycles. The molecule has 4 nitrogen and oxygen atoms in total. The third-order valence-corrected chi connectivity index (χ3v) is 4.12. The maximum absolute atomic E-state index is 12.4. The number of aryl methyl sites for hydroxylation is 1. The van der Waals surface area contributed by atoms with Gasteiger partial charge in [-0.3, -0.25) is 4.79 Å². The van der Waals surface area contributed by atoms with Gasteiger partial charge in [0.1, 0.15) is 0 Å². The van der Waals surface area contributed by atoms with Crippen molar-refractivity contribution in [1.82, 2.24) is 9.66 Å². The molecular formula is C16H13Cl2N3O. The highest BCUT2D eigenvalue weighted by Crippen LogP contribution is 2.24. The summed E-state index contributed by atoms with van der Waals surface area (Å²) >= 11 is 12.3. The lowest BCUT2D eigenvalue weighted by Crippen LogP contribution is -2.31. The summed E-state index contributed by atoms with van der Waals surface area (Å²) in [5.74, 6) is 0. The van der Waals surface area contributed by atoms with Gasteiger partial charge in [0, 0.05) is 32.8 Å². The van der Waals surface area contributed by atoms with Crippen LogP contribution in [-0.2, 0) is 6.54 Å². The Kier molecular flexibility index (Phi) is 4.05. The van der Waals surface area contributed by atoms with Crippen molar-refractivity contribution >= 4 is 34.2 Å². The maximum atomic E-state index is 12.4. The minimum Gasteiger partial charge on any atom is -0.317 e. The third kappa shape index (κ3) is 2.67. The Bertz CT molecular complexity index is 885. The molecule has 0 aliphatic heterocycles. The molecule has 0 atom stereocenters. The minimum absolute atomic E-state index is 0.144. The molecule has 112 valence electrons. The standard InChI is InChI=1S/C16H13Cl2N3O/c1-10-8-11-4-3-7-19-15(11)21(16(10)22)20-9-12-13(17)5-2-6-14(12)18/h2-8,20H,9H2,1H3. The largest absolute Gasteiger partial charge is 0.317 e. The van der Waals surface area contributed by atoms with E-state index in [0.717, 1.165) is 10.9 Å². The summed E-state index contributed by atoms with van der Waals surface area (Å²) in [6.07, 6.45) is 1.65. The fourth-order valence-electron chi connectivity index (χ4n) is 2.28. The number of nitrogens with one attached hydrogen (secondary N) is 1. The topological polar surface area (TPSA) is 46.9 Å². The number of aromatic nitrogens is 2. The van der Waals surface area contributed by atoms with E-state index in [4.69, 9.17) is 23.2 Å². The Morgan fingerprint density at radius 1 is 1.18 bits per heavy atom. The lowest BCUT2D eigenvalue weighted by atomic mass is 10.2. The van der Waals surface area contributed by atoms with E-state index < -0.39 is 0 Å². The Hall–Kier alpha value is -2.04. The lowest BCUT2D eigenvalue weighted by molar-refractivity contribution is 0.817. The first-order valence-electron chi connectivity index (χ1n) is 6.72. The number of hydrogen-bond donors (Lipinski definition) is 1. The van der Waals surface area contributed by atoms with Crippen LogP contribution < -0.4 is 11.0 Å². The first kappa shape index (κ1) is 14.9. The molecule has 1 N–H and O–H groups in total. The van der Waals surface area contributed by atoms with Crippen LogP contribution in [0.3, 0.4) is 0 Å². The number of nitrogens with zero attached hydrogens (tertiary/aromatic N) is 2. The van der Waals surface area contributed by atoms with Crippen molar-refractivity contribution < 1.29 is 0 Å². The van der Waals surface area contributed by atoms with E-state index in [-0.39, 0.29) is 5.56 Å². The number of pyridine rings is 2. The highest BCUT2D eigenvalue weighted by molar-refractivity contribution is 6.36. The predicted octanol–water partition coefficient (Wildman–Crippen LogP) is 3.76. The maximum Gasteiger partial charge on any atom is 0.273 e. The summed E-state index contributed by atoms with van der Waals surface area (Å²) in [7, 11) is 0. The Morgan fingerprint density at radius 2 is 1.91 bits per heavy atom. The highest BCUT2D eigenvalue weighted by Gasteiger charge is 2.09. The van der Waals surface area contributed by atoms with E-state index in [0.29, 0.717) is 27.8 Å². The van der Waals surface area contributed by atoms with E-state index in [9.17, 15) is 4.79 Å². The zero-order valence-corrected chi connectivity index (χ0v) is 13.3. The van der Waals surface area contributed by atoms with Crippen molar-refractivity contribution in [2.24, 2.45) is 0 Å². The minimum atomic E-state index is -0.144. The molecule has 0 spiro atoms. The van der Waals surface area contributed by atoms with E-state index in [2.05, 4.69) is 10.4 Å². The fraction of sp³-hybridized carbons (Fsp3) is 0.125. The van der Waals surface area contributed by atoms with Crippen LogP contribution in [0.25, 0.3) is 11.0 Å². The summed E-state index contributed by atoms with van der Waals surface area (Å²) in [4.78, 5) is 16.6. The molecule has 0 radical (unpaired) electrons. The molecule has 0 aliphatic carbocycles. The van der Waals surface area contributed by atoms with Gasteiger partial charge < -0.3 is 5.43 Å². The average Bonchev–Trinajstić information content (AvgIpc) is 2.50. The van der Waals surface area contributed by atoms with Gasteiger partial charge in [0.15, 0.2) is 5.65 Å². The third-order valence-electron chi connectivity index (χ3n) is 3.42. The van der Waals surface area contributed by atoms with Crippen LogP contribution in [0.1, 0.15) is 11.1 Å². The average molecular weight is 334 g/mol. The molecular weight excluding hydrogens is 321 g/mol. The molecule has 0 fully saturated rings. The Morgan fingerprint density at radius 3 is 2.64 bits per heavy atom. The van der Waals surface area contributed by atoms with Gasteiger partial charge in [-0.05, 0) is 37.3 Å². The lowest BCUT2D eigenvalue weighted by Gasteiger charge is -2.14. The van der Waals surface area contributed by atoms with E-state index in [1.165, 1.54) is 4.68 Å². The summed E-state index contributed by atoms with van der Waals surface area (Å²) in [5, 5.41) is 1.99. The number of rotatable bonds is 3. The molecule has 3 aromatic rings. The van der Waals surface area contributed by atoms with Crippen molar-refractivity contribution in [1.29, 1.82) is 0 Å². The van der Waals surface area contributed by atoms with Gasteiger partial charge in [-0.25, -0.2) is 9.66 Å². The zero-order chi connectivity index (χ0) is 15.7. The second kappa shape index (κ2) is 5.99. The molecule has 2 aromatic heterocycles.